The summed E-state index contributed by atoms with van der Waals surface area (Å²) in [7, 11) is -3.49. The highest BCUT2D eigenvalue weighted by Gasteiger charge is 2.24. The highest BCUT2D eigenvalue weighted by atomic mass is 32.2. The maximum atomic E-state index is 12.4. The SMILES string of the molecule is Cc1nn(C(C)C)cc1S(=O)(=O)NC[C@@H](C)N1CCCC1. The van der Waals surface area contributed by atoms with E-state index in [4.69, 9.17) is 0 Å². The molecular formula is C14H26N4O2S. The zero-order chi connectivity index (χ0) is 15.6. The summed E-state index contributed by atoms with van der Waals surface area (Å²) in [4.78, 5) is 2.61. The summed E-state index contributed by atoms with van der Waals surface area (Å²) < 4.78 is 29.3. The lowest BCUT2D eigenvalue weighted by Gasteiger charge is -2.23. The summed E-state index contributed by atoms with van der Waals surface area (Å²) >= 11 is 0. The van der Waals surface area contributed by atoms with Gasteiger partial charge in [-0.2, -0.15) is 5.10 Å². The standard InChI is InChI=1S/C14H26N4O2S/c1-11(2)18-10-14(13(4)16-18)21(19,20)15-9-12(3)17-7-5-6-8-17/h10-12,15H,5-9H2,1-4H3/t12-/m1/s1. The number of nitrogens with one attached hydrogen (secondary N) is 1. The van der Waals surface area contributed by atoms with Gasteiger partial charge >= 0.3 is 0 Å². The molecule has 0 amide bonds. The average molecular weight is 314 g/mol. The summed E-state index contributed by atoms with van der Waals surface area (Å²) in [5.74, 6) is 0. The van der Waals surface area contributed by atoms with Crippen LogP contribution in [-0.4, -0.2) is 48.8 Å². The van der Waals surface area contributed by atoms with Gasteiger partial charge in [-0.1, -0.05) is 0 Å². The van der Waals surface area contributed by atoms with Crippen molar-refractivity contribution in [1.29, 1.82) is 0 Å². The molecule has 1 aliphatic heterocycles. The van der Waals surface area contributed by atoms with Gasteiger partial charge in [0.2, 0.25) is 10.0 Å². The molecule has 2 heterocycles. The smallest absolute Gasteiger partial charge is 0.244 e. The molecule has 120 valence electrons. The highest BCUT2D eigenvalue weighted by Crippen LogP contribution is 2.17. The predicted molar refractivity (Wildman–Crippen MR) is 82.8 cm³/mol. The van der Waals surface area contributed by atoms with Crippen LogP contribution in [0.5, 0.6) is 0 Å². The van der Waals surface area contributed by atoms with Crippen molar-refractivity contribution in [3.05, 3.63) is 11.9 Å². The van der Waals surface area contributed by atoms with Crippen LogP contribution in [0.3, 0.4) is 0 Å². The normalized spacial score (nSPS) is 18.5. The van der Waals surface area contributed by atoms with E-state index in [2.05, 4.69) is 21.6 Å². The molecule has 7 heteroatoms. The van der Waals surface area contributed by atoms with Gasteiger partial charge in [-0.25, -0.2) is 13.1 Å². The van der Waals surface area contributed by atoms with E-state index < -0.39 is 10.0 Å². The van der Waals surface area contributed by atoms with Gasteiger partial charge in [0.05, 0.1) is 5.69 Å². The van der Waals surface area contributed by atoms with Crippen molar-refractivity contribution in [3.63, 3.8) is 0 Å². The van der Waals surface area contributed by atoms with Crippen LogP contribution in [-0.2, 0) is 10.0 Å². The third-order valence-corrected chi connectivity index (χ3v) is 5.55. The van der Waals surface area contributed by atoms with Gasteiger partial charge in [-0.3, -0.25) is 9.58 Å². The largest absolute Gasteiger partial charge is 0.299 e. The summed E-state index contributed by atoms with van der Waals surface area (Å²) in [5.41, 5.74) is 0.546. The van der Waals surface area contributed by atoms with Crippen molar-refractivity contribution in [1.82, 2.24) is 19.4 Å². The maximum Gasteiger partial charge on any atom is 0.244 e. The van der Waals surface area contributed by atoms with Crippen LogP contribution in [0.4, 0.5) is 0 Å². The molecular weight excluding hydrogens is 288 g/mol. The molecule has 1 aromatic rings. The Morgan fingerprint density at radius 3 is 2.43 bits per heavy atom. The van der Waals surface area contributed by atoms with E-state index >= 15 is 0 Å². The van der Waals surface area contributed by atoms with Gasteiger partial charge in [0.25, 0.3) is 0 Å². The van der Waals surface area contributed by atoms with Crippen molar-refractivity contribution < 1.29 is 8.42 Å². The maximum absolute atomic E-state index is 12.4. The number of sulfonamides is 1. The minimum absolute atomic E-state index is 0.149. The molecule has 1 fully saturated rings. The van der Waals surface area contributed by atoms with Crippen LogP contribution < -0.4 is 4.72 Å². The van der Waals surface area contributed by atoms with Crippen molar-refractivity contribution >= 4 is 10.0 Å². The number of hydrogen-bond donors (Lipinski definition) is 1. The first kappa shape index (κ1) is 16.5. The van der Waals surface area contributed by atoms with E-state index in [0.29, 0.717) is 12.2 Å². The lowest BCUT2D eigenvalue weighted by molar-refractivity contribution is 0.260. The van der Waals surface area contributed by atoms with Crippen molar-refractivity contribution in [2.24, 2.45) is 0 Å². The number of rotatable bonds is 6. The molecule has 21 heavy (non-hydrogen) atoms. The third-order valence-electron chi connectivity index (χ3n) is 4.02. The van der Waals surface area contributed by atoms with Crippen LogP contribution in [0, 0.1) is 6.92 Å². The summed E-state index contributed by atoms with van der Waals surface area (Å²) in [6.45, 7) is 10.3. The van der Waals surface area contributed by atoms with Crippen LogP contribution in [0.25, 0.3) is 0 Å². The second-order valence-corrected chi connectivity index (χ2v) is 7.83. The first-order chi connectivity index (χ1) is 9.81. The van der Waals surface area contributed by atoms with E-state index in [-0.39, 0.29) is 17.0 Å². The van der Waals surface area contributed by atoms with Crippen molar-refractivity contribution in [2.75, 3.05) is 19.6 Å². The van der Waals surface area contributed by atoms with Gasteiger partial charge in [-0.05, 0) is 53.6 Å². The van der Waals surface area contributed by atoms with Gasteiger partial charge in [0, 0.05) is 24.8 Å². The molecule has 0 radical (unpaired) electrons. The minimum Gasteiger partial charge on any atom is -0.299 e. The second-order valence-electron chi connectivity index (χ2n) is 6.10. The molecule has 0 saturated carbocycles. The Morgan fingerprint density at radius 2 is 1.90 bits per heavy atom. The Balaban J connectivity index is 2.04. The third kappa shape index (κ3) is 3.84. The molecule has 6 nitrogen and oxygen atoms in total. The Morgan fingerprint density at radius 1 is 1.29 bits per heavy atom. The molecule has 2 rings (SSSR count). The van der Waals surface area contributed by atoms with E-state index in [9.17, 15) is 8.42 Å². The number of hydrogen-bond acceptors (Lipinski definition) is 4. The lowest BCUT2D eigenvalue weighted by atomic mass is 10.3. The topological polar surface area (TPSA) is 67.2 Å². The van der Waals surface area contributed by atoms with Gasteiger partial charge in [0.1, 0.15) is 4.90 Å². The molecule has 0 aromatic carbocycles. The molecule has 1 aromatic heterocycles. The fraction of sp³-hybridized carbons (Fsp3) is 0.786. The Labute approximate surface area is 127 Å². The minimum atomic E-state index is -3.49. The molecule has 0 spiro atoms. The molecule has 0 aliphatic carbocycles. The number of aryl methyl sites for hydroxylation is 1. The lowest BCUT2D eigenvalue weighted by Crippen LogP contribution is -2.40. The number of likely N-dealkylation sites (tertiary alicyclic amines) is 1. The first-order valence-electron chi connectivity index (χ1n) is 7.60. The zero-order valence-corrected chi connectivity index (χ0v) is 14.2. The van der Waals surface area contributed by atoms with Gasteiger partial charge in [0.15, 0.2) is 0 Å². The summed E-state index contributed by atoms with van der Waals surface area (Å²) in [6.07, 6.45) is 4.03. The molecule has 0 unspecified atom stereocenters. The molecule has 1 aliphatic rings. The van der Waals surface area contributed by atoms with Gasteiger partial charge < -0.3 is 0 Å². The van der Waals surface area contributed by atoms with Crippen LogP contribution in [0.1, 0.15) is 45.3 Å². The highest BCUT2D eigenvalue weighted by molar-refractivity contribution is 7.89. The van der Waals surface area contributed by atoms with Crippen molar-refractivity contribution in [2.45, 2.75) is 57.5 Å². The summed E-state index contributed by atoms with van der Waals surface area (Å²) in [5, 5.41) is 4.27. The number of nitrogens with zero attached hydrogens (tertiary/aromatic N) is 3. The van der Waals surface area contributed by atoms with Crippen molar-refractivity contribution in [3.8, 4) is 0 Å². The van der Waals surface area contributed by atoms with Crippen LogP contribution in [0.15, 0.2) is 11.1 Å². The van der Waals surface area contributed by atoms with E-state index in [1.54, 1.807) is 17.8 Å². The van der Waals surface area contributed by atoms with Crippen LogP contribution in [0.2, 0.25) is 0 Å². The second kappa shape index (κ2) is 6.46. The van der Waals surface area contributed by atoms with E-state index in [1.165, 1.54) is 12.8 Å². The fourth-order valence-corrected chi connectivity index (χ4v) is 3.91. The quantitative estimate of drug-likeness (QED) is 0.865. The monoisotopic (exact) mass is 314 g/mol. The molecule has 0 bridgehead atoms. The van der Waals surface area contributed by atoms with E-state index in [1.807, 2.05) is 13.8 Å². The summed E-state index contributed by atoms with van der Waals surface area (Å²) in [6, 6.07) is 0.374. The van der Waals surface area contributed by atoms with Gasteiger partial charge in [-0.15, -0.1) is 0 Å². The fourth-order valence-electron chi connectivity index (χ4n) is 2.61. The Bertz CT molecular complexity index is 574. The Kier molecular flexibility index (Phi) is 5.06. The number of aromatic nitrogens is 2. The molecule has 1 atom stereocenters. The first-order valence-corrected chi connectivity index (χ1v) is 9.09. The predicted octanol–water partition coefficient (Wildman–Crippen LogP) is 1.54. The molecule has 1 N–H and O–H groups in total. The average Bonchev–Trinajstić information content (AvgIpc) is 3.05. The molecule has 1 saturated heterocycles. The van der Waals surface area contributed by atoms with Crippen LogP contribution >= 0.6 is 0 Å². The van der Waals surface area contributed by atoms with E-state index in [0.717, 1.165) is 13.1 Å². The Hall–Kier alpha value is -0.920. The zero-order valence-electron chi connectivity index (χ0n) is 13.3.